The molecular formula is C10H14N2O3S. The molecule has 0 heterocycles. The number of hydrogen-bond donors (Lipinski definition) is 2. The Kier molecular flexibility index (Phi) is 3.66. The highest BCUT2D eigenvalue weighted by Gasteiger charge is 2.15. The maximum atomic E-state index is 11.6. The molecule has 0 fully saturated rings. The van der Waals surface area contributed by atoms with Crippen molar-refractivity contribution in [3.05, 3.63) is 29.3 Å². The number of rotatable bonds is 4. The zero-order valence-electron chi connectivity index (χ0n) is 8.93. The first-order valence-electron chi connectivity index (χ1n) is 4.78. The third kappa shape index (κ3) is 2.40. The first kappa shape index (κ1) is 12.7. The Bertz CT molecular complexity index is 509. The lowest BCUT2D eigenvalue weighted by Gasteiger charge is -2.07. The van der Waals surface area contributed by atoms with Gasteiger partial charge in [0.1, 0.15) is 0 Å². The minimum absolute atomic E-state index is 0.0207. The summed E-state index contributed by atoms with van der Waals surface area (Å²) in [6.45, 7) is 1.68. The largest absolute Gasteiger partial charge is 0.366 e. The van der Waals surface area contributed by atoms with E-state index in [-0.39, 0.29) is 22.8 Å². The molecule has 0 aliphatic carbocycles. The van der Waals surface area contributed by atoms with Crippen LogP contribution in [0.3, 0.4) is 0 Å². The molecule has 1 rings (SSSR count). The molecule has 5 nitrogen and oxygen atoms in total. The number of benzene rings is 1. The Morgan fingerprint density at radius 1 is 1.38 bits per heavy atom. The number of nitrogens with two attached hydrogens (primary N) is 2. The Balaban J connectivity index is 3.39. The van der Waals surface area contributed by atoms with Crippen LogP contribution >= 0.6 is 0 Å². The predicted octanol–water partition coefficient (Wildman–Crippen LogP) is 0.0378. The molecule has 0 atom stereocenters. The molecule has 0 spiro atoms. The standard InChI is InChI=1S/C10H14N2O3S/c1-2-16(14,15)8-4-3-7(6-11)9(5-8)10(12)13/h3-5H,2,6,11H2,1H3,(H2,12,13). The van der Waals surface area contributed by atoms with Gasteiger partial charge in [-0.15, -0.1) is 0 Å². The average molecular weight is 242 g/mol. The van der Waals surface area contributed by atoms with Gasteiger partial charge < -0.3 is 11.5 Å². The van der Waals surface area contributed by atoms with Crippen molar-refractivity contribution in [2.24, 2.45) is 11.5 Å². The summed E-state index contributed by atoms with van der Waals surface area (Å²) in [5.41, 5.74) is 11.3. The van der Waals surface area contributed by atoms with Crippen LogP contribution in [0, 0.1) is 0 Å². The smallest absolute Gasteiger partial charge is 0.249 e. The quantitative estimate of drug-likeness (QED) is 0.777. The fourth-order valence-corrected chi connectivity index (χ4v) is 2.23. The fourth-order valence-electron chi connectivity index (χ4n) is 1.32. The van der Waals surface area contributed by atoms with Crippen LogP contribution in [0.4, 0.5) is 0 Å². The highest BCUT2D eigenvalue weighted by Crippen LogP contribution is 2.16. The van der Waals surface area contributed by atoms with Crippen LogP contribution in [0.15, 0.2) is 23.1 Å². The van der Waals surface area contributed by atoms with Gasteiger partial charge >= 0.3 is 0 Å². The molecule has 0 unspecified atom stereocenters. The minimum atomic E-state index is -3.33. The number of carbonyl (C=O) groups is 1. The summed E-state index contributed by atoms with van der Waals surface area (Å²) >= 11 is 0. The van der Waals surface area contributed by atoms with Gasteiger partial charge in [0.2, 0.25) is 5.91 Å². The van der Waals surface area contributed by atoms with Crippen molar-refractivity contribution in [1.82, 2.24) is 0 Å². The SMILES string of the molecule is CCS(=O)(=O)c1ccc(CN)c(C(N)=O)c1. The van der Waals surface area contributed by atoms with E-state index in [4.69, 9.17) is 11.5 Å². The van der Waals surface area contributed by atoms with Gasteiger partial charge in [0.15, 0.2) is 9.84 Å². The molecule has 0 saturated carbocycles. The number of amides is 1. The molecule has 0 bridgehead atoms. The molecule has 0 aliphatic heterocycles. The monoisotopic (exact) mass is 242 g/mol. The van der Waals surface area contributed by atoms with E-state index >= 15 is 0 Å². The topological polar surface area (TPSA) is 103 Å². The van der Waals surface area contributed by atoms with Crippen molar-refractivity contribution in [2.75, 3.05) is 5.75 Å². The van der Waals surface area contributed by atoms with E-state index in [1.807, 2.05) is 0 Å². The molecule has 0 saturated heterocycles. The summed E-state index contributed by atoms with van der Waals surface area (Å²) in [7, 11) is -3.33. The van der Waals surface area contributed by atoms with Gasteiger partial charge in [-0.25, -0.2) is 8.42 Å². The van der Waals surface area contributed by atoms with Gasteiger partial charge in [-0.1, -0.05) is 13.0 Å². The lowest BCUT2D eigenvalue weighted by atomic mass is 10.1. The van der Waals surface area contributed by atoms with Crippen molar-refractivity contribution in [1.29, 1.82) is 0 Å². The van der Waals surface area contributed by atoms with Gasteiger partial charge in [0, 0.05) is 12.1 Å². The molecule has 1 aromatic carbocycles. The van der Waals surface area contributed by atoms with Gasteiger partial charge in [-0.05, 0) is 17.7 Å². The van der Waals surface area contributed by atoms with Crippen LogP contribution in [0.1, 0.15) is 22.8 Å². The van der Waals surface area contributed by atoms with E-state index < -0.39 is 15.7 Å². The van der Waals surface area contributed by atoms with E-state index in [1.165, 1.54) is 25.1 Å². The van der Waals surface area contributed by atoms with E-state index in [0.29, 0.717) is 5.56 Å². The van der Waals surface area contributed by atoms with Gasteiger partial charge in [-0.2, -0.15) is 0 Å². The highest BCUT2D eigenvalue weighted by molar-refractivity contribution is 7.91. The Labute approximate surface area is 94.4 Å². The molecule has 0 radical (unpaired) electrons. The molecule has 16 heavy (non-hydrogen) atoms. The van der Waals surface area contributed by atoms with Crippen molar-refractivity contribution in [3.8, 4) is 0 Å². The normalized spacial score (nSPS) is 11.4. The van der Waals surface area contributed by atoms with Crippen LogP contribution in [0.25, 0.3) is 0 Å². The van der Waals surface area contributed by atoms with Gasteiger partial charge in [0.05, 0.1) is 10.6 Å². The second-order valence-electron chi connectivity index (χ2n) is 3.29. The van der Waals surface area contributed by atoms with Crippen molar-refractivity contribution >= 4 is 15.7 Å². The molecule has 0 aliphatic rings. The highest BCUT2D eigenvalue weighted by atomic mass is 32.2. The fraction of sp³-hybridized carbons (Fsp3) is 0.300. The molecule has 1 amide bonds. The first-order chi connectivity index (χ1) is 7.42. The second-order valence-corrected chi connectivity index (χ2v) is 5.57. The van der Waals surface area contributed by atoms with Crippen molar-refractivity contribution in [2.45, 2.75) is 18.4 Å². The lowest BCUT2D eigenvalue weighted by Crippen LogP contribution is -2.17. The van der Waals surface area contributed by atoms with E-state index in [2.05, 4.69) is 0 Å². The van der Waals surface area contributed by atoms with Gasteiger partial charge in [0.25, 0.3) is 0 Å². The second kappa shape index (κ2) is 4.63. The van der Waals surface area contributed by atoms with E-state index in [0.717, 1.165) is 0 Å². The van der Waals surface area contributed by atoms with Crippen LogP contribution in [0.5, 0.6) is 0 Å². The summed E-state index contributed by atoms with van der Waals surface area (Å²) in [4.78, 5) is 11.2. The van der Waals surface area contributed by atoms with E-state index in [1.54, 1.807) is 0 Å². The Morgan fingerprint density at radius 3 is 2.44 bits per heavy atom. The molecule has 4 N–H and O–H groups in total. The van der Waals surface area contributed by atoms with Crippen LogP contribution < -0.4 is 11.5 Å². The molecule has 88 valence electrons. The maximum Gasteiger partial charge on any atom is 0.249 e. The number of primary amides is 1. The third-order valence-electron chi connectivity index (χ3n) is 2.31. The van der Waals surface area contributed by atoms with Crippen molar-refractivity contribution in [3.63, 3.8) is 0 Å². The zero-order chi connectivity index (χ0) is 12.3. The summed E-state index contributed by atoms with van der Waals surface area (Å²) in [6.07, 6.45) is 0. The summed E-state index contributed by atoms with van der Waals surface area (Å²) in [5, 5.41) is 0. The number of sulfone groups is 1. The predicted molar refractivity (Wildman–Crippen MR) is 60.6 cm³/mol. The molecule has 1 aromatic rings. The van der Waals surface area contributed by atoms with E-state index in [9.17, 15) is 13.2 Å². The maximum absolute atomic E-state index is 11.6. The first-order valence-corrected chi connectivity index (χ1v) is 6.43. The molecule has 0 aromatic heterocycles. The minimum Gasteiger partial charge on any atom is -0.366 e. The Hall–Kier alpha value is -1.40. The summed E-state index contributed by atoms with van der Waals surface area (Å²) in [5.74, 6) is -0.693. The van der Waals surface area contributed by atoms with Crippen LogP contribution in [0.2, 0.25) is 0 Å². The van der Waals surface area contributed by atoms with Gasteiger partial charge in [-0.3, -0.25) is 4.79 Å². The van der Waals surface area contributed by atoms with Crippen LogP contribution in [-0.4, -0.2) is 20.1 Å². The molecular weight excluding hydrogens is 228 g/mol. The summed E-state index contributed by atoms with van der Waals surface area (Å²) < 4.78 is 23.2. The Morgan fingerprint density at radius 2 is 2.00 bits per heavy atom. The zero-order valence-corrected chi connectivity index (χ0v) is 9.75. The molecule has 6 heteroatoms. The number of hydrogen-bond acceptors (Lipinski definition) is 4. The van der Waals surface area contributed by atoms with Crippen molar-refractivity contribution < 1.29 is 13.2 Å². The average Bonchev–Trinajstić information content (AvgIpc) is 2.28. The number of carbonyl (C=O) groups excluding carboxylic acids is 1. The van der Waals surface area contributed by atoms with Crippen LogP contribution in [-0.2, 0) is 16.4 Å². The lowest BCUT2D eigenvalue weighted by molar-refractivity contribution is 0.0999. The third-order valence-corrected chi connectivity index (χ3v) is 4.04. The summed E-state index contributed by atoms with van der Waals surface area (Å²) in [6, 6.07) is 4.24.